The summed E-state index contributed by atoms with van der Waals surface area (Å²) in [5.41, 5.74) is 0.499. The van der Waals surface area contributed by atoms with Crippen LogP contribution in [-0.2, 0) is 9.59 Å². The molecule has 1 atom stereocenters. The standard InChI is InChI=1S/C11H9ClF3NO3/c1-5-4-6(2-3-7(5)12)8(9(17)18)16-10(19)11(13,14)15/h2-4,8H,1H3,(H,16,19)(H,17,18). The minimum absolute atomic E-state index is 0.00648. The summed E-state index contributed by atoms with van der Waals surface area (Å²) in [6, 6.07) is 2.11. The first-order chi connectivity index (χ1) is 8.62. The fraction of sp³-hybridized carbons (Fsp3) is 0.273. The van der Waals surface area contributed by atoms with Gasteiger partial charge in [-0.2, -0.15) is 13.2 Å². The van der Waals surface area contributed by atoms with Crippen LogP contribution in [0.1, 0.15) is 17.2 Å². The van der Waals surface area contributed by atoms with E-state index in [2.05, 4.69) is 0 Å². The summed E-state index contributed by atoms with van der Waals surface area (Å²) in [5, 5.41) is 10.6. The SMILES string of the molecule is Cc1cc(C(NC(=O)C(F)(F)F)C(=O)O)ccc1Cl. The van der Waals surface area contributed by atoms with Crippen LogP contribution in [0.3, 0.4) is 0 Å². The molecule has 0 aromatic heterocycles. The Morgan fingerprint density at radius 3 is 2.37 bits per heavy atom. The summed E-state index contributed by atoms with van der Waals surface area (Å²) >= 11 is 5.73. The van der Waals surface area contributed by atoms with Crippen LogP contribution < -0.4 is 5.32 Å². The smallest absolute Gasteiger partial charge is 0.471 e. The fourth-order valence-corrected chi connectivity index (χ4v) is 1.47. The van der Waals surface area contributed by atoms with Gasteiger partial charge in [0.2, 0.25) is 0 Å². The zero-order chi connectivity index (χ0) is 14.8. The Balaban J connectivity index is 3.05. The predicted octanol–water partition coefficient (Wildman–Crippen LogP) is 2.45. The lowest BCUT2D eigenvalue weighted by Crippen LogP contribution is -2.41. The number of aryl methyl sites for hydroxylation is 1. The van der Waals surface area contributed by atoms with Crippen molar-refractivity contribution in [3.8, 4) is 0 Å². The minimum atomic E-state index is -5.14. The summed E-state index contributed by atoms with van der Waals surface area (Å²) in [5.74, 6) is -3.91. The van der Waals surface area contributed by atoms with Gasteiger partial charge in [0.25, 0.3) is 0 Å². The highest BCUT2D eigenvalue weighted by molar-refractivity contribution is 6.31. The summed E-state index contributed by atoms with van der Waals surface area (Å²) in [6.07, 6.45) is -5.14. The molecule has 1 aromatic carbocycles. The second kappa shape index (κ2) is 5.48. The third kappa shape index (κ3) is 3.85. The number of carboxylic acid groups (broad SMARTS) is 1. The topological polar surface area (TPSA) is 66.4 Å². The van der Waals surface area contributed by atoms with Gasteiger partial charge in [0.05, 0.1) is 0 Å². The van der Waals surface area contributed by atoms with Gasteiger partial charge >= 0.3 is 18.1 Å². The summed E-state index contributed by atoms with van der Waals surface area (Å²) in [6.45, 7) is 1.57. The van der Waals surface area contributed by atoms with Gasteiger partial charge in [0.15, 0.2) is 6.04 Å². The van der Waals surface area contributed by atoms with E-state index in [1.165, 1.54) is 23.5 Å². The molecule has 0 saturated carbocycles. The van der Waals surface area contributed by atoms with Crippen molar-refractivity contribution < 1.29 is 27.9 Å². The van der Waals surface area contributed by atoms with Crippen molar-refractivity contribution in [2.75, 3.05) is 0 Å². The van der Waals surface area contributed by atoms with E-state index in [9.17, 15) is 22.8 Å². The molecule has 1 amide bonds. The summed E-state index contributed by atoms with van der Waals surface area (Å²) in [4.78, 5) is 21.7. The third-order valence-electron chi connectivity index (χ3n) is 2.30. The number of benzene rings is 1. The van der Waals surface area contributed by atoms with E-state index in [4.69, 9.17) is 16.7 Å². The van der Waals surface area contributed by atoms with Crippen LogP contribution >= 0.6 is 11.6 Å². The number of hydrogen-bond donors (Lipinski definition) is 2. The van der Waals surface area contributed by atoms with Crippen LogP contribution in [0.2, 0.25) is 5.02 Å². The first-order valence-corrected chi connectivity index (χ1v) is 5.37. The van der Waals surface area contributed by atoms with Crippen LogP contribution in [-0.4, -0.2) is 23.2 Å². The first-order valence-electron chi connectivity index (χ1n) is 4.99. The third-order valence-corrected chi connectivity index (χ3v) is 2.72. The number of aliphatic carboxylic acids is 1. The van der Waals surface area contributed by atoms with E-state index < -0.39 is 24.1 Å². The number of carboxylic acids is 1. The molecular formula is C11H9ClF3NO3. The van der Waals surface area contributed by atoms with Gasteiger partial charge in [-0.1, -0.05) is 23.7 Å². The summed E-state index contributed by atoms with van der Waals surface area (Å²) in [7, 11) is 0. The molecule has 8 heteroatoms. The number of carbonyl (C=O) groups excluding carboxylic acids is 1. The zero-order valence-electron chi connectivity index (χ0n) is 9.58. The molecule has 1 unspecified atom stereocenters. The van der Waals surface area contributed by atoms with E-state index >= 15 is 0 Å². The number of nitrogens with one attached hydrogen (secondary N) is 1. The predicted molar refractivity (Wildman–Crippen MR) is 60.8 cm³/mol. The molecule has 0 bridgehead atoms. The van der Waals surface area contributed by atoms with Gasteiger partial charge in [0, 0.05) is 5.02 Å². The van der Waals surface area contributed by atoms with Gasteiger partial charge in [-0.25, -0.2) is 4.79 Å². The van der Waals surface area contributed by atoms with Crippen LogP contribution in [0.25, 0.3) is 0 Å². The molecule has 0 aliphatic rings. The molecular weight excluding hydrogens is 287 g/mol. The molecule has 0 spiro atoms. The second-order valence-corrected chi connectivity index (χ2v) is 4.16. The van der Waals surface area contributed by atoms with Crippen LogP contribution in [0.5, 0.6) is 0 Å². The molecule has 1 rings (SSSR count). The highest BCUT2D eigenvalue weighted by Gasteiger charge is 2.41. The van der Waals surface area contributed by atoms with E-state index in [1.54, 1.807) is 6.92 Å². The molecule has 0 radical (unpaired) electrons. The molecule has 1 aromatic rings. The van der Waals surface area contributed by atoms with Crippen molar-refractivity contribution in [3.05, 3.63) is 34.3 Å². The van der Waals surface area contributed by atoms with Crippen LogP contribution in [0, 0.1) is 6.92 Å². The maximum Gasteiger partial charge on any atom is 0.471 e. The number of amides is 1. The van der Waals surface area contributed by atoms with Crippen LogP contribution in [0.4, 0.5) is 13.2 Å². The Morgan fingerprint density at radius 1 is 1.37 bits per heavy atom. The van der Waals surface area contributed by atoms with Gasteiger partial charge in [-0.3, -0.25) is 4.79 Å². The number of hydrogen-bond acceptors (Lipinski definition) is 2. The maximum absolute atomic E-state index is 12.1. The fourth-order valence-electron chi connectivity index (χ4n) is 1.35. The molecule has 0 saturated heterocycles. The lowest BCUT2D eigenvalue weighted by atomic mass is 10.0. The summed E-state index contributed by atoms with van der Waals surface area (Å²) < 4.78 is 36.3. The molecule has 0 aliphatic heterocycles. The van der Waals surface area contributed by atoms with Crippen LogP contribution in [0.15, 0.2) is 18.2 Å². The van der Waals surface area contributed by atoms with Crippen molar-refractivity contribution in [2.45, 2.75) is 19.1 Å². The zero-order valence-corrected chi connectivity index (χ0v) is 10.3. The average molecular weight is 296 g/mol. The Morgan fingerprint density at radius 2 is 1.95 bits per heavy atom. The Labute approximate surface area is 111 Å². The van der Waals surface area contributed by atoms with Crippen molar-refractivity contribution in [1.82, 2.24) is 5.32 Å². The molecule has 0 aliphatic carbocycles. The van der Waals surface area contributed by atoms with E-state index in [0.717, 1.165) is 0 Å². The van der Waals surface area contributed by atoms with E-state index in [1.807, 2.05) is 0 Å². The lowest BCUT2D eigenvalue weighted by molar-refractivity contribution is -0.175. The van der Waals surface area contributed by atoms with E-state index in [0.29, 0.717) is 10.6 Å². The van der Waals surface area contributed by atoms with E-state index in [-0.39, 0.29) is 5.56 Å². The second-order valence-electron chi connectivity index (χ2n) is 3.75. The Bertz CT molecular complexity index is 516. The van der Waals surface area contributed by atoms with Gasteiger partial charge in [-0.15, -0.1) is 0 Å². The monoisotopic (exact) mass is 295 g/mol. The number of alkyl halides is 3. The highest BCUT2D eigenvalue weighted by Crippen LogP contribution is 2.23. The van der Waals surface area contributed by atoms with Gasteiger partial charge in [-0.05, 0) is 24.1 Å². The van der Waals surface area contributed by atoms with Crippen molar-refractivity contribution in [2.24, 2.45) is 0 Å². The molecule has 0 fully saturated rings. The molecule has 0 heterocycles. The molecule has 19 heavy (non-hydrogen) atoms. The highest BCUT2D eigenvalue weighted by atomic mass is 35.5. The number of rotatable bonds is 3. The molecule has 104 valence electrons. The van der Waals surface area contributed by atoms with Crippen molar-refractivity contribution >= 4 is 23.5 Å². The lowest BCUT2D eigenvalue weighted by Gasteiger charge is -2.16. The van der Waals surface area contributed by atoms with Crippen molar-refractivity contribution in [3.63, 3.8) is 0 Å². The number of halogens is 4. The normalized spacial score (nSPS) is 12.9. The Hall–Kier alpha value is -1.76. The first kappa shape index (κ1) is 15.3. The quantitative estimate of drug-likeness (QED) is 0.900. The Kier molecular flexibility index (Phi) is 4.41. The maximum atomic E-state index is 12.1. The van der Waals surface area contributed by atoms with Gasteiger partial charge in [0.1, 0.15) is 0 Å². The van der Waals surface area contributed by atoms with Crippen molar-refractivity contribution in [1.29, 1.82) is 0 Å². The largest absolute Gasteiger partial charge is 0.479 e. The minimum Gasteiger partial charge on any atom is -0.479 e. The molecule has 2 N–H and O–H groups in total. The average Bonchev–Trinajstić information content (AvgIpc) is 2.27. The molecule has 4 nitrogen and oxygen atoms in total. The number of carbonyl (C=O) groups is 2. The van der Waals surface area contributed by atoms with Gasteiger partial charge < -0.3 is 10.4 Å².